The molecule has 1 amide bonds. The van der Waals surface area contributed by atoms with Crippen molar-refractivity contribution in [3.05, 3.63) is 18.0 Å². The van der Waals surface area contributed by atoms with Crippen LogP contribution in [0.4, 0.5) is 0 Å². The van der Waals surface area contributed by atoms with Crippen molar-refractivity contribution in [1.82, 2.24) is 19.6 Å². The first kappa shape index (κ1) is 16.5. The van der Waals surface area contributed by atoms with Gasteiger partial charge in [-0.3, -0.25) is 14.4 Å². The Morgan fingerprint density at radius 1 is 1.35 bits per heavy atom. The Balaban J connectivity index is 1.57. The predicted octanol–water partition coefficient (Wildman–Crippen LogP) is 1.19. The Morgan fingerprint density at radius 3 is 2.74 bits per heavy atom. The minimum atomic E-state index is 0.196. The Kier molecular flexibility index (Phi) is 5.02. The number of carbonyl (C=O) groups excluding carboxylic acids is 1. The molecule has 0 aromatic carbocycles. The molecule has 6 heteroatoms. The van der Waals surface area contributed by atoms with Gasteiger partial charge in [0, 0.05) is 44.5 Å². The van der Waals surface area contributed by atoms with Crippen molar-refractivity contribution in [2.75, 3.05) is 39.4 Å². The van der Waals surface area contributed by atoms with Gasteiger partial charge in [-0.25, -0.2) is 0 Å². The minimum absolute atomic E-state index is 0.196. The second-order valence-electron chi connectivity index (χ2n) is 7.05. The normalized spacial score (nSPS) is 26.2. The van der Waals surface area contributed by atoms with Crippen LogP contribution in [0.3, 0.4) is 0 Å². The summed E-state index contributed by atoms with van der Waals surface area (Å²) in [5.74, 6) is 0.715. The van der Waals surface area contributed by atoms with Crippen molar-refractivity contribution in [1.29, 1.82) is 0 Å². The molecule has 2 aliphatic heterocycles. The summed E-state index contributed by atoms with van der Waals surface area (Å²) in [6.45, 7) is 11.7. The fourth-order valence-corrected chi connectivity index (χ4v) is 3.56. The lowest BCUT2D eigenvalue weighted by atomic mass is 10.0. The monoisotopic (exact) mass is 320 g/mol. The molecule has 0 saturated carbocycles. The molecule has 0 N–H and O–H groups in total. The summed E-state index contributed by atoms with van der Waals surface area (Å²) in [4.78, 5) is 17.1. The molecule has 23 heavy (non-hydrogen) atoms. The first-order valence-corrected chi connectivity index (χ1v) is 8.68. The van der Waals surface area contributed by atoms with E-state index in [1.54, 1.807) is 0 Å². The van der Waals surface area contributed by atoms with E-state index in [1.165, 1.54) is 0 Å². The molecule has 0 unspecified atom stereocenters. The van der Waals surface area contributed by atoms with E-state index in [0.29, 0.717) is 24.4 Å². The van der Waals surface area contributed by atoms with Crippen molar-refractivity contribution in [2.45, 2.75) is 39.3 Å². The summed E-state index contributed by atoms with van der Waals surface area (Å²) in [6, 6.07) is 2.75. The first-order chi connectivity index (χ1) is 11.0. The molecular weight excluding hydrogens is 292 g/mol. The molecule has 0 aliphatic carbocycles. The Morgan fingerprint density at radius 2 is 2.09 bits per heavy atom. The number of ether oxygens (including phenoxy) is 1. The maximum Gasteiger partial charge on any atom is 0.228 e. The summed E-state index contributed by atoms with van der Waals surface area (Å²) in [7, 11) is 0. The molecule has 0 radical (unpaired) electrons. The molecule has 3 heterocycles. The van der Waals surface area contributed by atoms with Gasteiger partial charge < -0.3 is 9.64 Å². The highest BCUT2D eigenvalue weighted by molar-refractivity contribution is 5.78. The number of aromatic nitrogens is 2. The second kappa shape index (κ2) is 7.01. The number of likely N-dealkylation sites (tertiary alicyclic amines) is 1. The number of amides is 1. The van der Waals surface area contributed by atoms with E-state index in [4.69, 9.17) is 4.74 Å². The fourth-order valence-electron chi connectivity index (χ4n) is 3.56. The summed E-state index contributed by atoms with van der Waals surface area (Å²) in [6.07, 6.45) is 2.36. The molecule has 128 valence electrons. The third-order valence-electron chi connectivity index (χ3n) is 4.97. The average molecular weight is 320 g/mol. The van der Waals surface area contributed by atoms with Gasteiger partial charge in [0.25, 0.3) is 0 Å². The number of nitrogens with zero attached hydrogens (tertiary/aromatic N) is 4. The quantitative estimate of drug-likeness (QED) is 0.836. The van der Waals surface area contributed by atoms with Crippen molar-refractivity contribution >= 4 is 5.91 Å². The van der Waals surface area contributed by atoms with Crippen molar-refractivity contribution in [2.24, 2.45) is 5.92 Å². The zero-order valence-electron chi connectivity index (χ0n) is 14.4. The molecular formula is C17H28N4O2. The summed E-state index contributed by atoms with van der Waals surface area (Å²) in [5.41, 5.74) is 0.867. The van der Waals surface area contributed by atoms with Gasteiger partial charge in [-0.15, -0.1) is 0 Å². The summed E-state index contributed by atoms with van der Waals surface area (Å²) < 4.78 is 7.35. The van der Waals surface area contributed by atoms with E-state index in [0.717, 1.165) is 45.1 Å². The minimum Gasteiger partial charge on any atom is -0.379 e. The van der Waals surface area contributed by atoms with Crippen LogP contribution in [0.15, 0.2) is 12.3 Å². The molecule has 2 atom stereocenters. The largest absolute Gasteiger partial charge is 0.379 e. The maximum absolute atomic E-state index is 12.6. The van der Waals surface area contributed by atoms with Crippen LogP contribution in [-0.4, -0.2) is 70.9 Å². The van der Waals surface area contributed by atoms with Crippen LogP contribution in [0, 0.1) is 5.92 Å². The smallest absolute Gasteiger partial charge is 0.228 e. The highest BCUT2D eigenvalue weighted by Gasteiger charge is 2.36. The predicted molar refractivity (Wildman–Crippen MR) is 88.2 cm³/mol. The van der Waals surface area contributed by atoms with Crippen LogP contribution in [0.2, 0.25) is 0 Å². The Labute approximate surface area is 138 Å². The number of morpholine rings is 1. The second-order valence-corrected chi connectivity index (χ2v) is 7.05. The average Bonchev–Trinajstić information content (AvgIpc) is 3.15. The van der Waals surface area contributed by atoms with Gasteiger partial charge in [0.05, 0.1) is 25.3 Å². The van der Waals surface area contributed by atoms with Gasteiger partial charge in [0.1, 0.15) is 0 Å². The molecule has 1 aromatic heterocycles. The molecule has 0 bridgehead atoms. The number of rotatable bonds is 4. The van der Waals surface area contributed by atoms with E-state index in [2.05, 4.69) is 30.8 Å². The number of hydrogen-bond donors (Lipinski definition) is 0. The van der Waals surface area contributed by atoms with Crippen LogP contribution >= 0.6 is 0 Å². The zero-order chi connectivity index (χ0) is 16.4. The van der Waals surface area contributed by atoms with Gasteiger partial charge in [0.2, 0.25) is 5.91 Å². The lowest BCUT2D eigenvalue weighted by molar-refractivity contribution is -0.129. The van der Waals surface area contributed by atoms with E-state index >= 15 is 0 Å². The molecule has 2 aliphatic rings. The highest BCUT2D eigenvalue weighted by atomic mass is 16.5. The lowest BCUT2D eigenvalue weighted by Gasteiger charge is -2.33. The zero-order valence-corrected chi connectivity index (χ0v) is 14.4. The van der Waals surface area contributed by atoms with Crippen LogP contribution in [-0.2, 0) is 16.0 Å². The van der Waals surface area contributed by atoms with Gasteiger partial charge >= 0.3 is 0 Å². The number of carbonyl (C=O) groups is 1. The van der Waals surface area contributed by atoms with Crippen LogP contribution in [0.5, 0.6) is 0 Å². The van der Waals surface area contributed by atoms with E-state index < -0.39 is 0 Å². The summed E-state index contributed by atoms with van der Waals surface area (Å²) in [5, 5.41) is 4.49. The third-order valence-corrected chi connectivity index (χ3v) is 4.97. The Bertz CT molecular complexity index is 536. The fraction of sp³-hybridized carbons (Fsp3) is 0.765. The molecule has 3 rings (SSSR count). The van der Waals surface area contributed by atoms with Crippen molar-refractivity contribution < 1.29 is 9.53 Å². The lowest BCUT2D eigenvalue weighted by Crippen LogP contribution is -2.47. The van der Waals surface area contributed by atoms with Crippen LogP contribution in [0.25, 0.3) is 0 Å². The summed E-state index contributed by atoms with van der Waals surface area (Å²) >= 11 is 0. The maximum atomic E-state index is 12.6. The highest BCUT2D eigenvalue weighted by Crippen LogP contribution is 2.23. The molecule has 2 fully saturated rings. The first-order valence-electron chi connectivity index (χ1n) is 8.68. The van der Waals surface area contributed by atoms with Gasteiger partial charge in [-0.05, 0) is 25.8 Å². The Hall–Kier alpha value is -1.40. The standard InChI is InChI=1S/C17H28N4O2/c1-13(2)21-5-4-15(18-21)10-17(22)20-11-14(3)16(12-20)19-6-8-23-9-7-19/h4-5,13-14,16H,6-12H2,1-3H3/t14-,16+/m1/s1. The third kappa shape index (κ3) is 3.75. The molecule has 6 nitrogen and oxygen atoms in total. The van der Waals surface area contributed by atoms with Crippen molar-refractivity contribution in [3.8, 4) is 0 Å². The van der Waals surface area contributed by atoms with Crippen LogP contribution < -0.4 is 0 Å². The number of hydrogen-bond acceptors (Lipinski definition) is 4. The van der Waals surface area contributed by atoms with Gasteiger partial charge in [0.15, 0.2) is 0 Å². The topological polar surface area (TPSA) is 50.6 Å². The van der Waals surface area contributed by atoms with E-state index in [-0.39, 0.29) is 5.91 Å². The van der Waals surface area contributed by atoms with Crippen LogP contribution in [0.1, 0.15) is 32.5 Å². The van der Waals surface area contributed by atoms with Gasteiger partial charge in [-0.2, -0.15) is 5.10 Å². The van der Waals surface area contributed by atoms with Crippen molar-refractivity contribution in [3.63, 3.8) is 0 Å². The van der Waals surface area contributed by atoms with Gasteiger partial charge in [-0.1, -0.05) is 6.92 Å². The molecule has 2 saturated heterocycles. The molecule has 0 spiro atoms. The SMILES string of the molecule is CC(C)n1ccc(CC(=O)N2C[C@@H](C)[C@@H](N3CCOCC3)C2)n1. The van der Waals surface area contributed by atoms with E-state index in [1.807, 2.05) is 21.8 Å². The molecule has 1 aromatic rings. The van der Waals surface area contributed by atoms with E-state index in [9.17, 15) is 4.79 Å².